The number of hydrogen-bond acceptors (Lipinski definition) is 5. The Bertz CT molecular complexity index is 469. The van der Waals surface area contributed by atoms with E-state index in [1.165, 1.54) is 7.11 Å². The lowest BCUT2D eigenvalue weighted by Crippen LogP contribution is -2.48. The highest BCUT2D eigenvalue weighted by Crippen LogP contribution is 2.18. The molecule has 0 radical (unpaired) electrons. The fourth-order valence-corrected chi connectivity index (χ4v) is 2.11. The van der Waals surface area contributed by atoms with E-state index < -0.39 is 5.97 Å². The average Bonchev–Trinajstić information content (AvgIpc) is 2.90. The number of rotatable bonds is 4. The molecular weight excluding hydrogens is 248 g/mol. The number of amides is 1. The summed E-state index contributed by atoms with van der Waals surface area (Å²) >= 11 is 0. The summed E-state index contributed by atoms with van der Waals surface area (Å²) in [6.07, 6.45) is 1.77. The highest BCUT2D eigenvalue weighted by molar-refractivity contribution is 5.86. The smallest absolute Gasteiger partial charge is 0.373 e. The first-order valence-corrected chi connectivity index (χ1v) is 6.33. The van der Waals surface area contributed by atoms with Gasteiger partial charge in [0.05, 0.1) is 19.2 Å². The number of furan rings is 1. The van der Waals surface area contributed by atoms with E-state index in [0.717, 1.165) is 19.4 Å². The van der Waals surface area contributed by atoms with Crippen LogP contribution in [0.1, 0.15) is 42.1 Å². The maximum Gasteiger partial charge on any atom is 0.373 e. The van der Waals surface area contributed by atoms with Crippen LogP contribution in [0, 0.1) is 0 Å². The monoisotopic (exact) mass is 266 g/mol. The Morgan fingerprint density at radius 1 is 1.58 bits per heavy atom. The van der Waals surface area contributed by atoms with Crippen molar-refractivity contribution in [1.82, 2.24) is 10.6 Å². The van der Waals surface area contributed by atoms with E-state index in [1.54, 1.807) is 12.1 Å². The first kappa shape index (κ1) is 13.6. The van der Waals surface area contributed by atoms with Gasteiger partial charge in [0.25, 0.3) is 0 Å². The minimum atomic E-state index is -0.506. The van der Waals surface area contributed by atoms with E-state index in [4.69, 9.17) is 4.42 Å². The van der Waals surface area contributed by atoms with Gasteiger partial charge in [0.2, 0.25) is 11.7 Å². The van der Waals surface area contributed by atoms with Crippen LogP contribution in [0.3, 0.4) is 0 Å². The molecule has 1 saturated heterocycles. The molecule has 1 aromatic rings. The zero-order valence-corrected chi connectivity index (χ0v) is 11.1. The van der Waals surface area contributed by atoms with E-state index in [2.05, 4.69) is 15.4 Å². The summed E-state index contributed by atoms with van der Waals surface area (Å²) in [6, 6.07) is 2.92. The standard InChI is InChI=1S/C13H18N2O4/c1-8(15-9-4-3-7-14-12(9)16)10-5-6-11(19-10)13(17)18-2/h5-6,8-9,15H,3-4,7H2,1-2H3,(H,14,16). The quantitative estimate of drug-likeness (QED) is 0.794. The van der Waals surface area contributed by atoms with Gasteiger partial charge in [-0.1, -0.05) is 0 Å². The summed E-state index contributed by atoms with van der Waals surface area (Å²) in [6.45, 7) is 2.63. The fraction of sp³-hybridized carbons (Fsp3) is 0.538. The Hall–Kier alpha value is -1.82. The van der Waals surface area contributed by atoms with Gasteiger partial charge in [-0.05, 0) is 31.9 Å². The van der Waals surface area contributed by atoms with Crippen molar-refractivity contribution in [3.8, 4) is 0 Å². The van der Waals surface area contributed by atoms with Crippen LogP contribution in [0.15, 0.2) is 16.5 Å². The van der Waals surface area contributed by atoms with Crippen LogP contribution in [0.4, 0.5) is 0 Å². The van der Waals surface area contributed by atoms with Crippen LogP contribution in [-0.2, 0) is 9.53 Å². The predicted octanol–water partition coefficient (Wildman–Crippen LogP) is 0.995. The molecule has 1 aliphatic heterocycles. The normalized spacial score (nSPS) is 20.7. The van der Waals surface area contributed by atoms with Gasteiger partial charge in [-0.2, -0.15) is 0 Å². The highest BCUT2D eigenvalue weighted by atomic mass is 16.5. The Kier molecular flexibility index (Phi) is 4.21. The molecule has 6 nitrogen and oxygen atoms in total. The van der Waals surface area contributed by atoms with Crippen molar-refractivity contribution in [2.24, 2.45) is 0 Å². The molecule has 0 aromatic carbocycles. The second-order valence-electron chi connectivity index (χ2n) is 4.57. The summed E-state index contributed by atoms with van der Waals surface area (Å²) in [5.74, 6) is 0.282. The summed E-state index contributed by atoms with van der Waals surface area (Å²) in [5, 5.41) is 6.01. The Morgan fingerprint density at radius 2 is 2.37 bits per heavy atom. The first-order valence-electron chi connectivity index (χ1n) is 6.33. The zero-order chi connectivity index (χ0) is 13.8. The third-order valence-electron chi connectivity index (χ3n) is 3.18. The van der Waals surface area contributed by atoms with Gasteiger partial charge >= 0.3 is 5.97 Å². The Balaban J connectivity index is 1.99. The molecule has 0 aliphatic carbocycles. The molecule has 6 heteroatoms. The van der Waals surface area contributed by atoms with Crippen molar-refractivity contribution >= 4 is 11.9 Å². The number of piperidine rings is 1. The molecule has 0 saturated carbocycles. The summed E-state index contributed by atoms with van der Waals surface area (Å²) in [5.41, 5.74) is 0. The molecule has 1 aromatic heterocycles. The van der Waals surface area contributed by atoms with Gasteiger partial charge in [-0.25, -0.2) is 4.79 Å². The molecule has 0 bridgehead atoms. The number of hydrogen-bond donors (Lipinski definition) is 2. The summed E-state index contributed by atoms with van der Waals surface area (Å²) < 4.78 is 9.99. The molecule has 0 spiro atoms. The zero-order valence-electron chi connectivity index (χ0n) is 11.1. The lowest BCUT2D eigenvalue weighted by molar-refractivity contribution is -0.124. The molecule has 2 unspecified atom stereocenters. The largest absolute Gasteiger partial charge is 0.463 e. The first-order chi connectivity index (χ1) is 9.11. The molecular formula is C13H18N2O4. The van der Waals surface area contributed by atoms with E-state index in [-0.39, 0.29) is 23.8 Å². The second kappa shape index (κ2) is 5.88. The van der Waals surface area contributed by atoms with Crippen LogP contribution >= 0.6 is 0 Å². The van der Waals surface area contributed by atoms with Crippen LogP contribution in [-0.4, -0.2) is 31.6 Å². The third kappa shape index (κ3) is 3.14. The molecule has 1 fully saturated rings. The fourth-order valence-electron chi connectivity index (χ4n) is 2.11. The maximum atomic E-state index is 11.6. The minimum Gasteiger partial charge on any atom is -0.463 e. The number of carbonyl (C=O) groups excluding carboxylic acids is 2. The van der Waals surface area contributed by atoms with Gasteiger partial charge < -0.3 is 14.5 Å². The molecule has 104 valence electrons. The molecule has 2 rings (SSSR count). The van der Waals surface area contributed by atoms with Crippen LogP contribution in [0.2, 0.25) is 0 Å². The average molecular weight is 266 g/mol. The minimum absolute atomic E-state index is 0.0119. The van der Waals surface area contributed by atoms with Crippen molar-refractivity contribution < 1.29 is 18.7 Å². The lowest BCUT2D eigenvalue weighted by Gasteiger charge is -2.25. The number of methoxy groups -OCH3 is 1. The topological polar surface area (TPSA) is 80.6 Å². The summed E-state index contributed by atoms with van der Waals surface area (Å²) in [7, 11) is 1.30. The second-order valence-corrected chi connectivity index (χ2v) is 4.57. The van der Waals surface area contributed by atoms with E-state index in [1.807, 2.05) is 6.92 Å². The highest BCUT2D eigenvalue weighted by Gasteiger charge is 2.25. The molecule has 2 N–H and O–H groups in total. The van der Waals surface area contributed by atoms with Crippen molar-refractivity contribution in [3.05, 3.63) is 23.7 Å². The van der Waals surface area contributed by atoms with Gasteiger partial charge in [0.1, 0.15) is 5.76 Å². The van der Waals surface area contributed by atoms with Gasteiger partial charge in [0.15, 0.2) is 0 Å². The SMILES string of the molecule is COC(=O)c1ccc(C(C)NC2CCCNC2=O)o1. The molecule has 19 heavy (non-hydrogen) atoms. The van der Waals surface area contributed by atoms with E-state index >= 15 is 0 Å². The predicted molar refractivity (Wildman–Crippen MR) is 67.6 cm³/mol. The van der Waals surface area contributed by atoms with Crippen molar-refractivity contribution in [1.29, 1.82) is 0 Å². The number of ether oxygens (including phenoxy) is 1. The number of nitrogens with one attached hydrogen (secondary N) is 2. The number of carbonyl (C=O) groups is 2. The maximum absolute atomic E-state index is 11.6. The van der Waals surface area contributed by atoms with Gasteiger partial charge in [0, 0.05) is 6.54 Å². The van der Waals surface area contributed by atoms with Gasteiger partial charge in [-0.15, -0.1) is 0 Å². The molecule has 2 atom stereocenters. The molecule has 1 amide bonds. The summed E-state index contributed by atoms with van der Waals surface area (Å²) in [4.78, 5) is 22.9. The Morgan fingerprint density at radius 3 is 3.05 bits per heavy atom. The van der Waals surface area contributed by atoms with Crippen molar-refractivity contribution in [2.75, 3.05) is 13.7 Å². The lowest BCUT2D eigenvalue weighted by atomic mass is 10.1. The van der Waals surface area contributed by atoms with Crippen LogP contribution in [0.5, 0.6) is 0 Å². The van der Waals surface area contributed by atoms with Gasteiger partial charge in [-0.3, -0.25) is 10.1 Å². The van der Waals surface area contributed by atoms with Crippen molar-refractivity contribution in [2.45, 2.75) is 31.8 Å². The molecule has 2 heterocycles. The van der Waals surface area contributed by atoms with E-state index in [9.17, 15) is 9.59 Å². The third-order valence-corrected chi connectivity index (χ3v) is 3.18. The molecule has 1 aliphatic rings. The van der Waals surface area contributed by atoms with Crippen LogP contribution < -0.4 is 10.6 Å². The van der Waals surface area contributed by atoms with Crippen molar-refractivity contribution in [3.63, 3.8) is 0 Å². The van der Waals surface area contributed by atoms with E-state index in [0.29, 0.717) is 5.76 Å². The van der Waals surface area contributed by atoms with Crippen LogP contribution in [0.25, 0.3) is 0 Å². The number of esters is 1. The Labute approximate surface area is 111 Å².